The van der Waals surface area contributed by atoms with E-state index in [1.54, 1.807) is 5.32 Å². The van der Waals surface area contributed by atoms with Gasteiger partial charge in [0.25, 0.3) is 0 Å². The Labute approximate surface area is 106 Å². The van der Waals surface area contributed by atoms with Crippen molar-refractivity contribution in [2.75, 3.05) is 5.32 Å². The Hall–Kier alpha value is -2.05. The minimum Gasteiger partial charge on any atom is -0.478 e. The molecule has 0 radical (unpaired) electrons. The fourth-order valence-corrected chi connectivity index (χ4v) is 2.22. The maximum absolute atomic E-state index is 12.2. The Morgan fingerprint density at radius 2 is 1.79 bits per heavy atom. The van der Waals surface area contributed by atoms with Crippen LogP contribution in [0.1, 0.15) is 27.9 Å². The molecule has 0 saturated heterocycles. The predicted octanol–water partition coefficient (Wildman–Crippen LogP) is 2.37. The highest BCUT2D eigenvalue weighted by molar-refractivity contribution is 5.97. The number of hydrogen-bond acceptors (Lipinski definition) is 2. The number of carbonyl (C=O) groups excluding carboxylic acids is 1. The number of aromatic carboxylic acids is 1. The second kappa shape index (κ2) is 4.56. The Balaban J connectivity index is 2.37. The van der Waals surface area contributed by atoms with E-state index in [0.29, 0.717) is 30.4 Å². The summed E-state index contributed by atoms with van der Waals surface area (Å²) < 4.78 is 36.6. The largest absolute Gasteiger partial charge is 0.478 e. The van der Waals surface area contributed by atoms with Gasteiger partial charge in [-0.25, -0.2) is 4.79 Å². The summed E-state index contributed by atoms with van der Waals surface area (Å²) in [5.74, 6) is -3.17. The van der Waals surface area contributed by atoms with E-state index in [9.17, 15) is 22.8 Å². The van der Waals surface area contributed by atoms with Gasteiger partial charge < -0.3 is 10.4 Å². The van der Waals surface area contributed by atoms with Crippen LogP contribution in [0.4, 0.5) is 18.9 Å². The number of carboxylic acids is 1. The number of nitrogens with one attached hydrogen (secondary N) is 1. The van der Waals surface area contributed by atoms with Crippen molar-refractivity contribution in [3.8, 4) is 0 Å². The molecule has 102 valence electrons. The second-order valence-corrected chi connectivity index (χ2v) is 4.23. The van der Waals surface area contributed by atoms with Crippen LogP contribution in [-0.4, -0.2) is 23.2 Å². The summed E-state index contributed by atoms with van der Waals surface area (Å²) in [6.45, 7) is 0. The van der Waals surface area contributed by atoms with Crippen LogP contribution in [0, 0.1) is 0 Å². The smallest absolute Gasteiger partial charge is 0.471 e. The molecule has 1 amide bonds. The minimum absolute atomic E-state index is 0.0415. The van der Waals surface area contributed by atoms with Crippen LogP contribution >= 0.6 is 0 Å². The molecule has 1 aliphatic rings. The Morgan fingerprint density at radius 1 is 1.16 bits per heavy atom. The van der Waals surface area contributed by atoms with Crippen LogP contribution < -0.4 is 5.32 Å². The standard InChI is InChI=1S/C12H10F3NO3/c13-12(14,15)11(19)16-9-5-4-8(10(17)18)6-2-1-3-7(6)9/h4-5H,1-3H2,(H,16,19)(H,17,18). The van der Waals surface area contributed by atoms with Crippen LogP contribution in [0.2, 0.25) is 0 Å². The van der Waals surface area contributed by atoms with Gasteiger partial charge in [0, 0.05) is 5.69 Å². The summed E-state index contributed by atoms with van der Waals surface area (Å²) >= 11 is 0. The number of rotatable bonds is 2. The molecule has 0 atom stereocenters. The van der Waals surface area contributed by atoms with Gasteiger partial charge in [-0.15, -0.1) is 0 Å². The molecule has 4 nitrogen and oxygen atoms in total. The molecule has 0 fully saturated rings. The van der Waals surface area contributed by atoms with Crippen molar-refractivity contribution in [2.45, 2.75) is 25.4 Å². The predicted molar refractivity (Wildman–Crippen MR) is 60.1 cm³/mol. The summed E-state index contributed by atoms with van der Waals surface area (Å²) in [7, 11) is 0. The molecule has 2 N–H and O–H groups in total. The number of benzene rings is 1. The molecular formula is C12H10F3NO3. The first-order chi connectivity index (χ1) is 8.80. The van der Waals surface area contributed by atoms with Crippen molar-refractivity contribution in [1.29, 1.82) is 0 Å². The highest BCUT2D eigenvalue weighted by atomic mass is 19.4. The first-order valence-corrected chi connectivity index (χ1v) is 5.57. The van der Waals surface area contributed by atoms with E-state index in [4.69, 9.17) is 5.11 Å². The zero-order valence-corrected chi connectivity index (χ0v) is 9.67. The molecule has 0 bridgehead atoms. The molecule has 1 aromatic carbocycles. The highest BCUT2D eigenvalue weighted by Gasteiger charge is 2.39. The third-order valence-electron chi connectivity index (χ3n) is 3.02. The number of alkyl halides is 3. The van der Waals surface area contributed by atoms with E-state index in [2.05, 4.69) is 0 Å². The Morgan fingerprint density at radius 3 is 2.37 bits per heavy atom. The van der Waals surface area contributed by atoms with Gasteiger partial charge in [-0.2, -0.15) is 13.2 Å². The normalized spacial score (nSPS) is 14.1. The zero-order chi connectivity index (χ0) is 14.2. The van der Waals surface area contributed by atoms with Crippen LogP contribution in [0.3, 0.4) is 0 Å². The summed E-state index contributed by atoms with van der Waals surface area (Å²) in [6, 6.07) is 2.43. The van der Waals surface area contributed by atoms with E-state index in [1.165, 1.54) is 12.1 Å². The van der Waals surface area contributed by atoms with Crippen molar-refractivity contribution in [1.82, 2.24) is 0 Å². The molecule has 19 heavy (non-hydrogen) atoms. The monoisotopic (exact) mass is 273 g/mol. The van der Waals surface area contributed by atoms with E-state index in [1.807, 2.05) is 0 Å². The maximum Gasteiger partial charge on any atom is 0.471 e. The lowest BCUT2D eigenvalue weighted by atomic mass is 10.0. The van der Waals surface area contributed by atoms with Crippen LogP contribution in [0.5, 0.6) is 0 Å². The number of carboxylic acid groups (broad SMARTS) is 1. The molecule has 1 aromatic rings. The van der Waals surface area contributed by atoms with Gasteiger partial charge in [0.15, 0.2) is 0 Å². The van der Waals surface area contributed by atoms with E-state index in [-0.39, 0.29) is 11.3 Å². The molecule has 2 rings (SSSR count). The van der Waals surface area contributed by atoms with Gasteiger partial charge in [0.1, 0.15) is 0 Å². The number of anilines is 1. The lowest BCUT2D eigenvalue weighted by Crippen LogP contribution is -2.30. The first-order valence-electron chi connectivity index (χ1n) is 5.57. The van der Waals surface area contributed by atoms with Crippen LogP contribution in [0.25, 0.3) is 0 Å². The van der Waals surface area contributed by atoms with Crippen molar-refractivity contribution in [3.63, 3.8) is 0 Å². The van der Waals surface area contributed by atoms with Gasteiger partial charge in [0.2, 0.25) is 0 Å². The average Bonchev–Trinajstić information content (AvgIpc) is 2.76. The zero-order valence-electron chi connectivity index (χ0n) is 9.67. The molecule has 1 aliphatic carbocycles. The Kier molecular flexibility index (Phi) is 3.21. The van der Waals surface area contributed by atoms with Gasteiger partial charge in [0.05, 0.1) is 5.56 Å². The molecule has 0 spiro atoms. The van der Waals surface area contributed by atoms with E-state index < -0.39 is 18.1 Å². The number of carbonyl (C=O) groups is 2. The Bertz CT molecular complexity index is 552. The van der Waals surface area contributed by atoms with E-state index in [0.717, 1.165) is 0 Å². The summed E-state index contributed by atoms with van der Waals surface area (Å²) in [4.78, 5) is 21.9. The minimum atomic E-state index is -4.96. The van der Waals surface area contributed by atoms with Gasteiger partial charge in [-0.05, 0) is 42.5 Å². The maximum atomic E-state index is 12.2. The topological polar surface area (TPSA) is 66.4 Å². The second-order valence-electron chi connectivity index (χ2n) is 4.23. The van der Waals surface area contributed by atoms with Gasteiger partial charge in [-0.1, -0.05) is 0 Å². The quantitative estimate of drug-likeness (QED) is 0.869. The number of amides is 1. The van der Waals surface area contributed by atoms with E-state index >= 15 is 0 Å². The van der Waals surface area contributed by atoms with Crippen molar-refractivity contribution < 1.29 is 27.9 Å². The lowest BCUT2D eigenvalue weighted by molar-refractivity contribution is -0.167. The third-order valence-corrected chi connectivity index (χ3v) is 3.02. The summed E-state index contributed by atoms with van der Waals surface area (Å²) in [5, 5.41) is 10.8. The average molecular weight is 273 g/mol. The van der Waals surface area contributed by atoms with Crippen molar-refractivity contribution in [3.05, 3.63) is 28.8 Å². The lowest BCUT2D eigenvalue weighted by Gasteiger charge is -2.13. The van der Waals surface area contributed by atoms with Crippen molar-refractivity contribution in [2.24, 2.45) is 0 Å². The van der Waals surface area contributed by atoms with Crippen molar-refractivity contribution >= 4 is 17.6 Å². The molecule has 0 aliphatic heterocycles. The number of hydrogen-bond donors (Lipinski definition) is 2. The molecule has 0 heterocycles. The fourth-order valence-electron chi connectivity index (χ4n) is 2.22. The third kappa shape index (κ3) is 2.54. The van der Waals surface area contributed by atoms with Crippen LogP contribution in [-0.2, 0) is 17.6 Å². The molecule has 0 aromatic heterocycles. The van der Waals surface area contributed by atoms with Gasteiger partial charge >= 0.3 is 18.1 Å². The number of fused-ring (bicyclic) bond motifs is 1. The molecule has 7 heteroatoms. The number of halogens is 3. The molecule has 0 unspecified atom stereocenters. The molecule has 0 saturated carbocycles. The molecular weight excluding hydrogens is 263 g/mol. The summed E-state index contributed by atoms with van der Waals surface area (Å²) in [5.41, 5.74) is 1.11. The highest BCUT2D eigenvalue weighted by Crippen LogP contribution is 2.32. The fraction of sp³-hybridized carbons (Fsp3) is 0.333. The summed E-state index contributed by atoms with van der Waals surface area (Å²) in [6.07, 6.45) is -3.35. The SMILES string of the molecule is O=C(O)c1ccc(NC(=O)C(F)(F)F)c2c1CCC2. The van der Waals surface area contributed by atoms with Gasteiger partial charge in [-0.3, -0.25) is 4.79 Å². The first kappa shape index (κ1) is 13.4. The van der Waals surface area contributed by atoms with Crippen LogP contribution in [0.15, 0.2) is 12.1 Å².